The van der Waals surface area contributed by atoms with Gasteiger partial charge in [0, 0.05) is 11.9 Å². The standard InChI is InChI=1S/C15H19NO6S/c1-23(20,21)9-8-10-2-4-11(5-3-10)16-14(17)12-6-7-13(22-12)15(18)19/h2-5,12-13H,6-9H2,1H3,(H,16,17)(H,18,19)/t12-,13+/m0/s1. The van der Waals surface area contributed by atoms with Gasteiger partial charge in [-0.15, -0.1) is 0 Å². The van der Waals surface area contributed by atoms with Crippen molar-refractivity contribution >= 4 is 27.4 Å². The van der Waals surface area contributed by atoms with Crippen molar-refractivity contribution in [1.29, 1.82) is 0 Å². The number of hydrogen-bond donors (Lipinski definition) is 2. The van der Waals surface area contributed by atoms with Gasteiger partial charge < -0.3 is 15.2 Å². The maximum Gasteiger partial charge on any atom is 0.332 e. The summed E-state index contributed by atoms with van der Waals surface area (Å²) in [5.74, 6) is -1.36. The average molecular weight is 341 g/mol. The van der Waals surface area contributed by atoms with E-state index in [4.69, 9.17) is 9.84 Å². The molecule has 126 valence electrons. The lowest BCUT2D eigenvalue weighted by Gasteiger charge is -2.12. The van der Waals surface area contributed by atoms with Crippen LogP contribution in [0.4, 0.5) is 5.69 Å². The van der Waals surface area contributed by atoms with Crippen LogP contribution in [0.2, 0.25) is 0 Å². The normalized spacial score (nSPS) is 21.1. The number of rotatable bonds is 6. The summed E-state index contributed by atoms with van der Waals surface area (Å²) in [6, 6.07) is 6.85. The predicted molar refractivity (Wildman–Crippen MR) is 84.0 cm³/mol. The molecule has 0 unspecified atom stereocenters. The Labute approximate surface area is 134 Å². The quantitative estimate of drug-likeness (QED) is 0.793. The molecule has 1 fully saturated rings. The van der Waals surface area contributed by atoms with Crippen LogP contribution < -0.4 is 5.32 Å². The van der Waals surface area contributed by atoms with Crippen molar-refractivity contribution in [3.8, 4) is 0 Å². The first-order valence-electron chi connectivity index (χ1n) is 7.20. The number of ether oxygens (including phenoxy) is 1. The second-order valence-electron chi connectivity index (χ2n) is 5.60. The number of anilines is 1. The van der Waals surface area contributed by atoms with E-state index in [-0.39, 0.29) is 11.7 Å². The Hall–Kier alpha value is -1.93. The second kappa shape index (κ2) is 7.10. The molecule has 0 saturated carbocycles. The van der Waals surface area contributed by atoms with Crippen molar-refractivity contribution in [2.75, 3.05) is 17.3 Å². The number of nitrogens with one attached hydrogen (secondary N) is 1. The maximum absolute atomic E-state index is 12.0. The predicted octanol–water partition coefficient (Wildman–Crippen LogP) is 0.844. The van der Waals surface area contributed by atoms with Crippen LogP contribution in [-0.4, -0.2) is 49.6 Å². The van der Waals surface area contributed by atoms with Gasteiger partial charge in [0.05, 0.1) is 5.75 Å². The van der Waals surface area contributed by atoms with E-state index in [1.54, 1.807) is 24.3 Å². The van der Waals surface area contributed by atoms with E-state index in [0.717, 1.165) is 5.56 Å². The van der Waals surface area contributed by atoms with Gasteiger partial charge in [0.25, 0.3) is 5.91 Å². The molecule has 8 heteroatoms. The van der Waals surface area contributed by atoms with Gasteiger partial charge >= 0.3 is 5.97 Å². The maximum atomic E-state index is 12.0. The zero-order valence-electron chi connectivity index (χ0n) is 12.7. The summed E-state index contributed by atoms with van der Waals surface area (Å²) in [5, 5.41) is 11.5. The molecule has 0 bridgehead atoms. The van der Waals surface area contributed by atoms with Gasteiger partial charge in [0.1, 0.15) is 15.9 Å². The monoisotopic (exact) mass is 341 g/mol. The van der Waals surface area contributed by atoms with Crippen molar-refractivity contribution < 1.29 is 27.9 Å². The zero-order chi connectivity index (χ0) is 17.0. The fraction of sp³-hybridized carbons (Fsp3) is 0.467. The fourth-order valence-electron chi connectivity index (χ4n) is 2.29. The van der Waals surface area contributed by atoms with E-state index in [1.165, 1.54) is 6.26 Å². The first-order chi connectivity index (χ1) is 10.7. The van der Waals surface area contributed by atoms with Gasteiger partial charge in [-0.05, 0) is 37.0 Å². The Morgan fingerprint density at radius 3 is 2.35 bits per heavy atom. The molecule has 0 aromatic heterocycles. The van der Waals surface area contributed by atoms with E-state index < -0.39 is 28.0 Å². The summed E-state index contributed by atoms with van der Waals surface area (Å²) < 4.78 is 27.4. The third-order valence-corrected chi connectivity index (χ3v) is 4.52. The molecule has 0 spiro atoms. The molecule has 2 N–H and O–H groups in total. The summed E-state index contributed by atoms with van der Waals surface area (Å²) in [6.07, 6.45) is 0.602. The third-order valence-electron chi connectivity index (χ3n) is 3.57. The largest absolute Gasteiger partial charge is 0.479 e. The lowest BCUT2D eigenvalue weighted by atomic mass is 10.1. The molecule has 1 saturated heterocycles. The number of carbonyl (C=O) groups excluding carboxylic acids is 1. The molecule has 7 nitrogen and oxygen atoms in total. The van der Waals surface area contributed by atoms with Crippen molar-refractivity contribution in [3.05, 3.63) is 29.8 Å². The van der Waals surface area contributed by atoms with Gasteiger partial charge in [0.15, 0.2) is 6.10 Å². The minimum absolute atomic E-state index is 0.0746. The summed E-state index contributed by atoms with van der Waals surface area (Å²) >= 11 is 0. The number of carbonyl (C=O) groups is 2. The van der Waals surface area contributed by atoms with Crippen LogP contribution in [0.15, 0.2) is 24.3 Å². The smallest absolute Gasteiger partial charge is 0.332 e. The first-order valence-corrected chi connectivity index (χ1v) is 9.26. The van der Waals surface area contributed by atoms with E-state index in [1.807, 2.05) is 0 Å². The minimum atomic E-state index is -3.01. The van der Waals surface area contributed by atoms with E-state index in [0.29, 0.717) is 24.9 Å². The summed E-state index contributed by atoms with van der Waals surface area (Å²) in [5.41, 5.74) is 1.41. The van der Waals surface area contributed by atoms with Crippen LogP contribution in [0.5, 0.6) is 0 Å². The molecule has 1 aliphatic heterocycles. The Balaban J connectivity index is 1.88. The van der Waals surface area contributed by atoms with E-state index >= 15 is 0 Å². The number of carboxylic acid groups (broad SMARTS) is 1. The number of aliphatic carboxylic acids is 1. The van der Waals surface area contributed by atoms with Crippen LogP contribution in [0.3, 0.4) is 0 Å². The van der Waals surface area contributed by atoms with Gasteiger partial charge in [-0.1, -0.05) is 12.1 Å². The Bertz CT molecular complexity index is 682. The fourth-order valence-corrected chi connectivity index (χ4v) is 2.90. The van der Waals surface area contributed by atoms with Crippen molar-refractivity contribution in [2.24, 2.45) is 0 Å². The molecule has 0 aliphatic carbocycles. The van der Waals surface area contributed by atoms with Gasteiger partial charge in [-0.2, -0.15) is 0 Å². The SMILES string of the molecule is CS(=O)(=O)CCc1ccc(NC(=O)[C@@H]2CC[C@H](C(=O)O)O2)cc1. The zero-order valence-corrected chi connectivity index (χ0v) is 13.5. The highest BCUT2D eigenvalue weighted by atomic mass is 32.2. The third kappa shape index (κ3) is 5.33. The molecule has 1 heterocycles. The summed E-state index contributed by atoms with van der Waals surface area (Å²) in [7, 11) is -3.01. The van der Waals surface area contributed by atoms with E-state index in [9.17, 15) is 18.0 Å². The highest BCUT2D eigenvalue weighted by Gasteiger charge is 2.34. The van der Waals surface area contributed by atoms with Crippen LogP contribution in [0.25, 0.3) is 0 Å². The van der Waals surface area contributed by atoms with Crippen molar-refractivity contribution in [2.45, 2.75) is 31.5 Å². The lowest BCUT2D eigenvalue weighted by molar-refractivity contribution is -0.150. The molecule has 2 rings (SSSR count). The first kappa shape index (κ1) is 17.4. The Morgan fingerprint density at radius 1 is 1.22 bits per heavy atom. The van der Waals surface area contributed by atoms with Crippen molar-refractivity contribution in [1.82, 2.24) is 0 Å². The number of sulfone groups is 1. The Morgan fingerprint density at radius 2 is 1.83 bits per heavy atom. The van der Waals surface area contributed by atoms with Gasteiger partial charge in [-0.3, -0.25) is 4.79 Å². The molecule has 1 aliphatic rings. The number of aryl methyl sites for hydroxylation is 1. The highest BCUT2D eigenvalue weighted by molar-refractivity contribution is 7.90. The van der Waals surface area contributed by atoms with E-state index in [2.05, 4.69) is 5.32 Å². The minimum Gasteiger partial charge on any atom is -0.479 e. The van der Waals surface area contributed by atoms with Crippen LogP contribution in [0, 0.1) is 0 Å². The molecule has 1 aromatic carbocycles. The lowest BCUT2D eigenvalue weighted by Crippen LogP contribution is -2.29. The Kier molecular flexibility index (Phi) is 5.38. The van der Waals surface area contributed by atoms with Crippen LogP contribution in [-0.2, 0) is 30.6 Å². The molecular weight excluding hydrogens is 322 g/mol. The van der Waals surface area contributed by atoms with Crippen LogP contribution >= 0.6 is 0 Å². The van der Waals surface area contributed by atoms with Crippen molar-refractivity contribution in [3.63, 3.8) is 0 Å². The number of amides is 1. The molecule has 1 amide bonds. The molecule has 23 heavy (non-hydrogen) atoms. The molecule has 0 radical (unpaired) electrons. The summed E-state index contributed by atoms with van der Waals surface area (Å²) in [6.45, 7) is 0. The molecule has 1 aromatic rings. The van der Waals surface area contributed by atoms with Crippen LogP contribution in [0.1, 0.15) is 18.4 Å². The number of benzene rings is 1. The average Bonchev–Trinajstić information content (AvgIpc) is 2.96. The summed E-state index contributed by atoms with van der Waals surface area (Å²) in [4.78, 5) is 22.8. The topological polar surface area (TPSA) is 110 Å². The van der Waals surface area contributed by atoms with Gasteiger partial charge in [-0.25, -0.2) is 13.2 Å². The molecule has 2 atom stereocenters. The number of hydrogen-bond acceptors (Lipinski definition) is 5. The second-order valence-corrected chi connectivity index (χ2v) is 7.85. The molecular formula is C15H19NO6S. The number of carboxylic acids is 1. The highest BCUT2D eigenvalue weighted by Crippen LogP contribution is 2.21. The van der Waals surface area contributed by atoms with Gasteiger partial charge in [0.2, 0.25) is 0 Å².